The number of carbonyl (C=O) groups excluding carboxylic acids is 1. The Bertz CT molecular complexity index is 346. The Morgan fingerprint density at radius 2 is 2.08 bits per heavy atom. The van der Waals surface area contributed by atoms with Gasteiger partial charge in [-0.2, -0.15) is 4.39 Å². The van der Waals surface area contributed by atoms with Gasteiger partial charge in [-0.1, -0.05) is 34.8 Å². The summed E-state index contributed by atoms with van der Waals surface area (Å²) in [5, 5.41) is 0. The summed E-state index contributed by atoms with van der Waals surface area (Å²) in [7, 11) is 0. The Hall–Kier alpha value is 0.230. The van der Waals surface area contributed by atoms with Crippen LogP contribution in [0.2, 0.25) is 0 Å². The molecule has 0 atom stereocenters. The van der Waals surface area contributed by atoms with Crippen molar-refractivity contribution in [3.63, 3.8) is 0 Å². The van der Waals surface area contributed by atoms with Crippen LogP contribution < -0.4 is 0 Å². The highest BCUT2D eigenvalue weighted by Gasteiger charge is 2.33. The van der Waals surface area contributed by atoms with Crippen molar-refractivity contribution in [3.8, 4) is 0 Å². The van der Waals surface area contributed by atoms with Gasteiger partial charge in [0.2, 0.25) is 5.95 Å². The highest BCUT2D eigenvalue weighted by atomic mass is 79.9. The zero-order valence-electron chi connectivity index (χ0n) is 5.90. The molecule has 0 radical (unpaired) electrons. The number of hydrogen-bond acceptors (Lipinski definition) is 1. The van der Waals surface area contributed by atoms with Gasteiger partial charge in [0.1, 0.15) is 0 Å². The van der Waals surface area contributed by atoms with Crippen LogP contribution in [0.5, 0.6) is 0 Å². The van der Waals surface area contributed by atoms with Crippen LogP contribution in [0.25, 0.3) is 0 Å². The third kappa shape index (κ3) is 2.37. The molecule has 0 aliphatic rings. The first-order chi connectivity index (χ1) is 5.84. The maximum atomic E-state index is 13.1. The van der Waals surface area contributed by atoms with E-state index in [0.717, 1.165) is 0 Å². The summed E-state index contributed by atoms with van der Waals surface area (Å²) in [5.74, 6) is -1.75. The van der Waals surface area contributed by atoms with E-state index in [1.165, 1.54) is 12.3 Å². The first kappa shape index (κ1) is 11.3. The molecule has 0 unspecified atom stereocenters. The van der Waals surface area contributed by atoms with Gasteiger partial charge in [-0.25, -0.2) is 0 Å². The summed E-state index contributed by atoms with van der Waals surface area (Å²) in [5.41, 5.74) is 0. The molecule has 13 heavy (non-hydrogen) atoms. The van der Waals surface area contributed by atoms with Crippen molar-refractivity contribution in [2.24, 2.45) is 0 Å². The number of halogens is 5. The quantitative estimate of drug-likeness (QED) is 0.673. The molecule has 1 aromatic rings. The molecule has 0 spiro atoms. The van der Waals surface area contributed by atoms with E-state index in [9.17, 15) is 9.18 Å². The van der Waals surface area contributed by atoms with E-state index in [1.807, 2.05) is 0 Å². The van der Waals surface area contributed by atoms with Crippen LogP contribution in [0.1, 0.15) is 4.79 Å². The first-order valence-electron chi connectivity index (χ1n) is 2.98. The lowest BCUT2D eigenvalue weighted by Gasteiger charge is -2.09. The molecule has 0 amide bonds. The normalized spacial score (nSPS) is 11.8. The average Bonchev–Trinajstić information content (AvgIpc) is 2.30. The van der Waals surface area contributed by atoms with Gasteiger partial charge in [0, 0.05) is 6.20 Å². The molecule has 0 bridgehead atoms. The summed E-state index contributed by atoms with van der Waals surface area (Å²) in [6, 6.07) is 1.34. The Morgan fingerprint density at radius 1 is 1.54 bits per heavy atom. The Labute approximate surface area is 96.7 Å². The number of hydrogen-bond donors (Lipinski definition) is 0. The van der Waals surface area contributed by atoms with Gasteiger partial charge in [-0.05, 0) is 22.0 Å². The molecule has 0 aromatic carbocycles. The molecule has 0 saturated heterocycles. The van der Waals surface area contributed by atoms with Crippen LogP contribution in [0.4, 0.5) is 4.39 Å². The molecule has 1 rings (SSSR count). The molecule has 0 aliphatic heterocycles. The fourth-order valence-corrected chi connectivity index (χ4v) is 1.27. The summed E-state index contributed by atoms with van der Waals surface area (Å²) >= 11 is 18.7. The number of alkyl halides is 3. The van der Waals surface area contributed by atoms with Crippen LogP contribution in [-0.2, 0) is 0 Å². The third-order valence-electron chi connectivity index (χ3n) is 1.24. The van der Waals surface area contributed by atoms with Crippen molar-refractivity contribution in [3.05, 3.63) is 22.7 Å². The van der Waals surface area contributed by atoms with E-state index in [1.54, 1.807) is 0 Å². The minimum Gasteiger partial charge on any atom is -0.269 e. The molecule has 0 saturated carbocycles. The number of aromatic nitrogens is 1. The lowest BCUT2D eigenvalue weighted by molar-refractivity contribution is 0.0904. The minimum absolute atomic E-state index is 0.134. The fraction of sp³-hybridized carbons (Fsp3) is 0.167. The van der Waals surface area contributed by atoms with Gasteiger partial charge in [-0.15, -0.1) is 0 Å². The summed E-state index contributed by atoms with van der Waals surface area (Å²) in [6.45, 7) is 0. The van der Waals surface area contributed by atoms with Crippen molar-refractivity contribution in [1.29, 1.82) is 0 Å². The molecule has 0 aliphatic carbocycles. The van der Waals surface area contributed by atoms with E-state index in [2.05, 4.69) is 15.9 Å². The van der Waals surface area contributed by atoms with Gasteiger partial charge >= 0.3 is 0 Å². The van der Waals surface area contributed by atoms with Gasteiger partial charge in [-0.3, -0.25) is 9.36 Å². The maximum absolute atomic E-state index is 13.1. The van der Waals surface area contributed by atoms with Gasteiger partial charge in [0.05, 0.1) is 4.47 Å². The molecule has 72 valence electrons. The summed E-state index contributed by atoms with van der Waals surface area (Å²) in [6.07, 6.45) is 1.17. The third-order valence-corrected chi connectivity index (χ3v) is 2.32. The monoisotopic (exact) mass is 307 g/mol. The standard InChI is InChI=1S/C6H2BrCl3FNO/c7-3-1-2-12(4(3)11)5(13)6(8,9)10/h1-2H. The van der Waals surface area contributed by atoms with E-state index < -0.39 is 15.6 Å². The Morgan fingerprint density at radius 3 is 2.38 bits per heavy atom. The van der Waals surface area contributed by atoms with Crippen LogP contribution >= 0.6 is 50.7 Å². The van der Waals surface area contributed by atoms with Gasteiger partial charge < -0.3 is 0 Å². The van der Waals surface area contributed by atoms with Crippen LogP contribution in [0.15, 0.2) is 16.7 Å². The molecule has 0 fully saturated rings. The van der Waals surface area contributed by atoms with E-state index in [4.69, 9.17) is 34.8 Å². The van der Waals surface area contributed by atoms with Gasteiger partial charge in [0.25, 0.3) is 9.70 Å². The highest BCUT2D eigenvalue weighted by Crippen LogP contribution is 2.29. The average molecular weight is 309 g/mol. The summed E-state index contributed by atoms with van der Waals surface area (Å²) in [4.78, 5) is 11.2. The lowest BCUT2D eigenvalue weighted by Crippen LogP contribution is -2.26. The van der Waals surface area contributed by atoms with Gasteiger partial charge in [0.15, 0.2) is 0 Å². The van der Waals surface area contributed by atoms with Crippen molar-refractivity contribution < 1.29 is 9.18 Å². The highest BCUT2D eigenvalue weighted by molar-refractivity contribution is 9.10. The largest absolute Gasteiger partial charge is 0.284 e. The first-order valence-corrected chi connectivity index (χ1v) is 4.90. The maximum Gasteiger partial charge on any atom is 0.284 e. The van der Waals surface area contributed by atoms with Crippen molar-refractivity contribution in [1.82, 2.24) is 4.57 Å². The topological polar surface area (TPSA) is 22.0 Å². The number of nitrogens with zero attached hydrogens (tertiary/aromatic N) is 1. The van der Waals surface area contributed by atoms with Crippen LogP contribution in [0.3, 0.4) is 0 Å². The van der Waals surface area contributed by atoms with Crippen molar-refractivity contribution in [2.75, 3.05) is 0 Å². The van der Waals surface area contributed by atoms with Crippen LogP contribution in [-0.4, -0.2) is 14.3 Å². The zero-order chi connectivity index (χ0) is 10.2. The second-order valence-electron chi connectivity index (χ2n) is 2.13. The van der Waals surface area contributed by atoms with Crippen LogP contribution in [0, 0.1) is 5.95 Å². The second-order valence-corrected chi connectivity index (χ2v) is 5.26. The van der Waals surface area contributed by atoms with E-state index in [-0.39, 0.29) is 4.47 Å². The summed E-state index contributed by atoms with van der Waals surface area (Å²) < 4.78 is 11.7. The smallest absolute Gasteiger partial charge is 0.269 e. The molecule has 1 aromatic heterocycles. The lowest BCUT2D eigenvalue weighted by atomic mass is 10.6. The Balaban J connectivity index is 3.10. The fourth-order valence-electron chi connectivity index (χ4n) is 0.683. The van der Waals surface area contributed by atoms with Crippen molar-refractivity contribution >= 4 is 56.6 Å². The molecule has 2 nitrogen and oxygen atoms in total. The number of rotatable bonds is 0. The second kappa shape index (κ2) is 3.77. The molecule has 0 N–H and O–H groups in total. The molecular formula is C6H2BrCl3FNO. The minimum atomic E-state index is -2.15. The predicted molar refractivity (Wildman–Crippen MR) is 53.0 cm³/mol. The molecular weight excluding hydrogens is 307 g/mol. The SMILES string of the molecule is O=C(n1ccc(Br)c1F)C(Cl)(Cl)Cl. The van der Waals surface area contributed by atoms with E-state index >= 15 is 0 Å². The Kier molecular flexibility index (Phi) is 3.28. The predicted octanol–water partition coefficient (Wildman–Crippen LogP) is 3.40. The zero-order valence-corrected chi connectivity index (χ0v) is 9.75. The molecule has 7 heteroatoms. The van der Waals surface area contributed by atoms with Crippen molar-refractivity contribution in [2.45, 2.75) is 3.79 Å². The molecule has 1 heterocycles. The number of carbonyl (C=O) groups is 1. The van der Waals surface area contributed by atoms with E-state index in [0.29, 0.717) is 4.57 Å².